The predicted molar refractivity (Wildman–Crippen MR) is 141 cm³/mol. The van der Waals surface area contributed by atoms with Crippen LogP contribution in [0.25, 0.3) is 10.9 Å². The molecular weight excluding hydrogens is 490 g/mol. The third kappa shape index (κ3) is 4.00. The van der Waals surface area contributed by atoms with E-state index in [0.29, 0.717) is 23.6 Å². The summed E-state index contributed by atoms with van der Waals surface area (Å²) in [6, 6.07) is 25.3. The maximum Gasteiger partial charge on any atom is 0.266 e. The van der Waals surface area contributed by atoms with Crippen molar-refractivity contribution in [3.05, 3.63) is 95.6 Å². The summed E-state index contributed by atoms with van der Waals surface area (Å²) >= 11 is 6.71. The van der Waals surface area contributed by atoms with Crippen LogP contribution in [0.3, 0.4) is 0 Å². The molecule has 2 saturated heterocycles. The van der Waals surface area contributed by atoms with Gasteiger partial charge in [-0.1, -0.05) is 54.9 Å². The average molecular weight is 514 g/mol. The van der Waals surface area contributed by atoms with Gasteiger partial charge in [0.05, 0.1) is 29.5 Å². The molecule has 2 aliphatic rings. The predicted octanol–water partition coefficient (Wildman–Crippen LogP) is 5.73. The molecule has 0 N–H and O–H groups in total. The van der Waals surface area contributed by atoms with Gasteiger partial charge < -0.3 is 4.74 Å². The normalized spacial score (nSPS) is 21.1. The summed E-state index contributed by atoms with van der Waals surface area (Å²) in [7, 11) is 0. The lowest BCUT2D eigenvalue weighted by Crippen LogP contribution is -2.37. The minimum atomic E-state index is -0.990. The van der Waals surface area contributed by atoms with Crippen molar-refractivity contribution in [2.45, 2.75) is 25.5 Å². The minimum Gasteiger partial charge on any atom is -0.494 e. The first-order valence-electron chi connectivity index (χ1n) is 12.2. The van der Waals surface area contributed by atoms with E-state index in [1.165, 1.54) is 4.90 Å². The molecule has 4 aromatic rings. The third-order valence-electron chi connectivity index (χ3n) is 6.72. The number of hydrogen-bond acceptors (Lipinski definition) is 6. The highest BCUT2D eigenvalue weighted by Gasteiger charge is 2.60. The van der Waals surface area contributed by atoms with Gasteiger partial charge in [-0.15, -0.1) is 0 Å². The van der Waals surface area contributed by atoms with Crippen LogP contribution in [0.15, 0.2) is 84.9 Å². The largest absolute Gasteiger partial charge is 0.494 e. The third-order valence-corrected chi connectivity index (χ3v) is 7.02. The van der Waals surface area contributed by atoms with E-state index in [4.69, 9.17) is 21.2 Å². The van der Waals surface area contributed by atoms with Crippen molar-refractivity contribution < 1.29 is 19.2 Å². The van der Waals surface area contributed by atoms with Crippen LogP contribution in [-0.4, -0.2) is 29.5 Å². The maximum atomic E-state index is 13.9. The first-order chi connectivity index (χ1) is 18.1. The number of carbonyl (C=O) groups excluding carboxylic acids is 2. The van der Waals surface area contributed by atoms with Gasteiger partial charge in [0.1, 0.15) is 16.8 Å². The molecule has 2 aliphatic heterocycles. The van der Waals surface area contributed by atoms with E-state index in [0.717, 1.165) is 23.0 Å². The van der Waals surface area contributed by atoms with Crippen LogP contribution in [0.2, 0.25) is 5.15 Å². The molecule has 1 aromatic heterocycles. The lowest BCUT2D eigenvalue weighted by molar-refractivity contribution is -0.126. The first kappa shape index (κ1) is 23.5. The number of halogens is 1. The molecular formula is C29H24ClN3O4. The molecule has 0 aliphatic carbocycles. The quantitative estimate of drug-likeness (QED) is 0.242. The van der Waals surface area contributed by atoms with Crippen molar-refractivity contribution in [3.63, 3.8) is 0 Å². The zero-order valence-corrected chi connectivity index (χ0v) is 20.8. The van der Waals surface area contributed by atoms with E-state index in [9.17, 15) is 9.59 Å². The van der Waals surface area contributed by atoms with E-state index < -0.39 is 24.0 Å². The summed E-state index contributed by atoms with van der Waals surface area (Å²) in [4.78, 5) is 39.5. The van der Waals surface area contributed by atoms with Crippen molar-refractivity contribution >= 4 is 45.7 Å². The zero-order chi connectivity index (χ0) is 25.5. The number of fused-ring (bicyclic) bond motifs is 2. The average Bonchev–Trinajstić information content (AvgIpc) is 3.43. The smallest absolute Gasteiger partial charge is 0.266 e. The van der Waals surface area contributed by atoms with Crippen molar-refractivity contribution in [1.29, 1.82) is 0 Å². The Labute approximate surface area is 219 Å². The van der Waals surface area contributed by atoms with Crippen LogP contribution in [0.1, 0.15) is 24.9 Å². The van der Waals surface area contributed by atoms with E-state index in [-0.39, 0.29) is 11.1 Å². The number of benzene rings is 3. The second-order valence-electron chi connectivity index (χ2n) is 9.07. The molecule has 3 aromatic carbocycles. The molecule has 6 rings (SSSR count). The molecule has 186 valence electrons. The number of rotatable bonds is 6. The Morgan fingerprint density at radius 3 is 2.41 bits per heavy atom. The molecule has 3 unspecified atom stereocenters. The Hall–Kier alpha value is -3.94. The van der Waals surface area contributed by atoms with Gasteiger partial charge in [0.2, 0.25) is 5.91 Å². The SMILES string of the molecule is CCCOc1ccc(N2C(=O)C3ON(c4ccccc4)C(c4cc5ccccc5nc4Cl)C3C2=O)cc1. The molecule has 3 heterocycles. The Balaban J connectivity index is 1.42. The van der Waals surface area contributed by atoms with Crippen LogP contribution in [0.4, 0.5) is 11.4 Å². The molecule has 37 heavy (non-hydrogen) atoms. The van der Waals surface area contributed by atoms with Crippen LogP contribution in [0.5, 0.6) is 5.75 Å². The summed E-state index contributed by atoms with van der Waals surface area (Å²) in [6.07, 6.45) is -0.104. The summed E-state index contributed by atoms with van der Waals surface area (Å²) < 4.78 is 5.65. The number of amides is 2. The number of ether oxygens (including phenoxy) is 1. The minimum absolute atomic E-state index is 0.269. The molecule has 2 amide bonds. The molecule has 2 fully saturated rings. The highest BCUT2D eigenvalue weighted by molar-refractivity contribution is 6.31. The van der Waals surface area contributed by atoms with E-state index >= 15 is 0 Å². The maximum absolute atomic E-state index is 13.9. The van der Waals surface area contributed by atoms with Gasteiger partial charge in [-0.05, 0) is 55.0 Å². The Morgan fingerprint density at radius 1 is 0.919 bits per heavy atom. The van der Waals surface area contributed by atoms with Crippen molar-refractivity contribution in [1.82, 2.24) is 4.98 Å². The number of aromatic nitrogens is 1. The Bertz CT molecular complexity index is 1480. The fraction of sp³-hybridized carbons (Fsp3) is 0.207. The fourth-order valence-corrected chi connectivity index (χ4v) is 5.27. The second-order valence-corrected chi connectivity index (χ2v) is 9.43. The van der Waals surface area contributed by atoms with Gasteiger partial charge in [-0.3, -0.25) is 14.4 Å². The molecule has 0 bridgehead atoms. The van der Waals surface area contributed by atoms with Crippen LogP contribution >= 0.6 is 11.6 Å². The van der Waals surface area contributed by atoms with Gasteiger partial charge in [0.25, 0.3) is 5.91 Å². The zero-order valence-electron chi connectivity index (χ0n) is 20.1. The van der Waals surface area contributed by atoms with Crippen molar-refractivity contribution in [2.75, 3.05) is 16.6 Å². The van der Waals surface area contributed by atoms with E-state index in [1.807, 2.05) is 67.6 Å². The molecule has 3 atom stereocenters. The Kier molecular flexibility index (Phi) is 6.02. The summed E-state index contributed by atoms with van der Waals surface area (Å²) in [5, 5.41) is 2.78. The van der Waals surface area contributed by atoms with Gasteiger partial charge in [-0.25, -0.2) is 14.9 Å². The van der Waals surface area contributed by atoms with E-state index in [2.05, 4.69) is 4.98 Å². The number of para-hydroxylation sites is 2. The number of anilines is 2. The van der Waals surface area contributed by atoms with Gasteiger partial charge in [-0.2, -0.15) is 0 Å². The second kappa shape index (κ2) is 9.50. The highest BCUT2D eigenvalue weighted by atomic mass is 35.5. The topological polar surface area (TPSA) is 72.0 Å². The van der Waals surface area contributed by atoms with Gasteiger partial charge in [0, 0.05) is 10.9 Å². The van der Waals surface area contributed by atoms with Crippen molar-refractivity contribution in [2.24, 2.45) is 5.92 Å². The molecule has 7 nitrogen and oxygen atoms in total. The lowest BCUT2D eigenvalue weighted by Gasteiger charge is -2.29. The van der Waals surface area contributed by atoms with Gasteiger partial charge in [0.15, 0.2) is 6.10 Å². The van der Waals surface area contributed by atoms with E-state index in [1.54, 1.807) is 29.3 Å². The monoisotopic (exact) mass is 513 g/mol. The number of carbonyl (C=O) groups is 2. The number of nitrogens with zero attached hydrogens (tertiary/aromatic N) is 3. The first-order valence-corrected chi connectivity index (χ1v) is 12.6. The van der Waals surface area contributed by atoms with Crippen LogP contribution < -0.4 is 14.7 Å². The Morgan fingerprint density at radius 2 is 1.65 bits per heavy atom. The number of hydroxylamine groups is 1. The molecule has 8 heteroatoms. The highest BCUT2D eigenvalue weighted by Crippen LogP contribution is 2.49. The molecule has 0 radical (unpaired) electrons. The van der Waals surface area contributed by atoms with Crippen LogP contribution in [-0.2, 0) is 14.4 Å². The van der Waals surface area contributed by atoms with Gasteiger partial charge >= 0.3 is 0 Å². The molecule has 0 spiro atoms. The number of imide groups is 1. The van der Waals surface area contributed by atoms with Crippen molar-refractivity contribution in [3.8, 4) is 5.75 Å². The standard InChI is InChI=1S/C29H24ClN3O4/c1-2-16-36-21-14-12-19(13-15-21)32-28(34)24-25(22-17-18-8-6-7-11-23(18)31-27(22)30)33(37-26(24)29(32)35)20-9-4-3-5-10-20/h3-15,17,24-26H,2,16H2,1H3. The number of pyridine rings is 1. The number of hydrogen-bond donors (Lipinski definition) is 0. The van der Waals surface area contributed by atoms with Crippen LogP contribution in [0, 0.1) is 5.92 Å². The summed E-state index contributed by atoms with van der Waals surface area (Å²) in [6.45, 7) is 2.62. The fourth-order valence-electron chi connectivity index (χ4n) is 5.01. The molecule has 0 saturated carbocycles. The lowest BCUT2D eigenvalue weighted by atomic mass is 9.90. The summed E-state index contributed by atoms with van der Waals surface area (Å²) in [5.41, 5.74) is 2.57. The summed E-state index contributed by atoms with van der Waals surface area (Å²) in [5.74, 6) is -0.872.